The van der Waals surface area contributed by atoms with Crippen molar-refractivity contribution in [2.75, 3.05) is 0 Å². The fraction of sp³-hybridized carbons (Fsp3) is 0.360. The van der Waals surface area contributed by atoms with E-state index in [9.17, 15) is 0 Å². The van der Waals surface area contributed by atoms with Crippen LogP contribution in [0.3, 0.4) is 0 Å². The number of nitrogens with zero attached hydrogens (tertiary/aromatic N) is 3. The predicted octanol–water partition coefficient (Wildman–Crippen LogP) is 5.40. The topological polar surface area (TPSA) is 33.1 Å². The predicted molar refractivity (Wildman–Crippen MR) is 125 cm³/mol. The highest BCUT2D eigenvalue weighted by molar-refractivity contribution is 7.80. The van der Waals surface area contributed by atoms with Crippen molar-refractivity contribution in [2.45, 2.75) is 57.7 Å². The minimum atomic E-state index is 0.0593. The van der Waals surface area contributed by atoms with Crippen molar-refractivity contribution in [1.82, 2.24) is 19.8 Å². The van der Waals surface area contributed by atoms with Crippen LogP contribution < -0.4 is 5.32 Å². The third kappa shape index (κ3) is 3.21. The Bertz CT molecular complexity index is 1040. The number of rotatable bonds is 4. The van der Waals surface area contributed by atoms with Crippen molar-refractivity contribution in [2.24, 2.45) is 0 Å². The summed E-state index contributed by atoms with van der Waals surface area (Å²) >= 11 is 5.89. The fourth-order valence-corrected chi connectivity index (χ4v) is 5.72. The van der Waals surface area contributed by atoms with E-state index in [1.165, 1.54) is 48.3 Å². The maximum Gasteiger partial charge on any atom is 0.170 e. The summed E-state index contributed by atoms with van der Waals surface area (Å²) in [6.45, 7) is 4.43. The van der Waals surface area contributed by atoms with Crippen LogP contribution in [0.25, 0.3) is 5.69 Å². The van der Waals surface area contributed by atoms with E-state index in [1.54, 1.807) is 0 Å². The summed E-state index contributed by atoms with van der Waals surface area (Å²) in [5.41, 5.74) is 6.12. The van der Waals surface area contributed by atoms with Gasteiger partial charge in [0.2, 0.25) is 0 Å². The molecule has 1 N–H and O–H groups in total. The average molecular weight is 417 g/mol. The van der Waals surface area contributed by atoms with Crippen LogP contribution in [-0.4, -0.2) is 25.6 Å². The second-order valence-corrected chi connectivity index (χ2v) is 8.86. The Balaban J connectivity index is 1.64. The second kappa shape index (κ2) is 7.88. The SMILES string of the molecule is Cc1cc([C@@H]2[C@H](c3ccccn3)NC(=S)N2C2CCCC2)c(C)n1-c1ccccc1. The van der Waals surface area contributed by atoms with E-state index in [0.717, 1.165) is 10.8 Å². The van der Waals surface area contributed by atoms with Gasteiger partial charge < -0.3 is 14.8 Å². The average Bonchev–Trinajstić information content (AvgIpc) is 3.47. The molecule has 154 valence electrons. The molecule has 2 aliphatic rings. The first-order valence-corrected chi connectivity index (χ1v) is 11.3. The first-order valence-electron chi connectivity index (χ1n) is 10.9. The summed E-state index contributed by atoms with van der Waals surface area (Å²) in [7, 11) is 0. The quantitative estimate of drug-likeness (QED) is 0.577. The van der Waals surface area contributed by atoms with Crippen molar-refractivity contribution in [3.8, 4) is 5.69 Å². The molecular weight excluding hydrogens is 388 g/mol. The lowest BCUT2D eigenvalue weighted by Crippen LogP contribution is -2.37. The molecule has 1 saturated carbocycles. The number of aryl methyl sites for hydroxylation is 1. The van der Waals surface area contributed by atoms with Gasteiger partial charge in [-0.15, -0.1) is 0 Å². The van der Waals surface area contributed by atoms with Gasteiger partial charge >= 0.3 is 0 Å². The standard InChI is InChI=1S/C25H28N4S/c1-17-16-21(18(2)28(17)19-10-4-3-5-11-19)24-23(22-14-8-9-15-26-22)27-25(30)29(24)20-12-6-7-13-20/h3-5,8-11,14-16,20,23-24H,6-7,12-13H2,1-2H3,(H,27,30)/t23-,24+/m0/s1. The number of para-hydroxylation sites is 1. The van der Waals surface area contributed by atoms with E-state index >= 15 is 0 Å². The number of pyridine rings is 1. The van der Waals surface area contributed by atoms with Gasteiger partial charge in [-0.2, -0.15) is 0 Å². The molecule has 1 saturated heterocycles. The molecule has 2 aromatic heterocycles. The lowest BCUT2D eigenvalue weighted by atomic mass is 9.95. The van der Waals surface area contributed by atoms with Gasteiger partial charge in [0, 0.05) is 29.3 Å². The van der Waals surface area contributed by atoms with Crippen LogP contribution in [-0.2, 0) is 0 Å². The van der Waals surface area contributed by atoms with E-state index < -0.39 is 0 Å². The lowest BCUT2D eigenvalue weighted by molar-refractivity contribution is 0.245. The summed E-state index contributed by atoms with van der Waals surface area (Å²) in [5.74, 6) is 0. The maximum absolute atomic E-state index is 5.89. The molecule has 4 nitrogen and oxygen atoms in total. The third-order valence-electron chi connectivity index (χ3n) is 6.66. The van der Waals surface area contributed by atoms with Crippen molar-refractivity contribution in [3.05, 3.63) is 83.4 Å². The molecule has 0 radical (unpaired) electrons. The molecule has 0 bridgehead atoms. The molecular formula is C25H28N4S. The van der Waals surface area contributed by atoms with E-state index in [-0.39, 0.29) is 12.1 Å². The minimum absolute atomic E-state index is 0.0593. The summed E-state index contributed by atoms with van der Waals surface area (Å²) in [5, 5.41) is 4.49. The highest BCUT2D eigenvalue weighted by Gasteiger charge is 2.44. The molecule has 2 fully saturated rings. The smallest absolute Gasteiger partial charge is 0.170 e. The minimum Gasteiger partial charge on any atom is -0.352 e. The summed E-state index contributed by atoms with van der Waals surface area (Å²) in [6.07, 6.45) is 6.87. The Morgan fingerprint density at radius 3 is 2.43 bits per heavy atom. The molecule has 0 spiro atoms. The van der Waals surface area contributed by atoms with Gasteiger partial charge in [0.1, 0.15) is 0 Å². The molecule has 1 aromatic carbocycles. The van der Waals surface area contributed by atoms with Crippen LogP contribution in [0.15, 0.2) is 60.8 Å². The molecule has 5 heteroatoms. The van der Waals surface area contributed by atoms with Gasteiger partial charge in [-0.1, -0.05) is 37.1 Å². The molecule has 0 unspecified atom stereocenters. The number of hydrogen-bond donors (Lipinski definition) is 1. The van der Waals surface area contributed by atoms with Crippen molar-refractivity contribution in [1.29, 1.82) is 0 Å². The van der Waals surface area contributed by atoms with Gasteiger partial charge in [-0.3, -0.25) is 4.98 Å². The van der Waals surface area contributed by atoms with E-state index in [0.29, 0.717) is 6.04 Å². The van der Waals surface area contributed by atoms with Crippen LogP contribution >= 0.6 is 12.2 Å². The maximum atomic E-state index is 5.89. The highest BCUT2D eigenvalue weighted by atomic mass is 32.1. The van der Waals surface area contributed by atoms with Crippen molar-refractivity contribution < 1.29 is 0 Å². The van der Waals surface area contributed by atoms with Crippen LogP contribution in [0.5, 0.6) is 0 Å². The zero-order valence-corrected chi connectivity index (χ0v) is 18.4. The van der Waals surface area contributed by atoms with Crippen LogP contribution in [0.2, 0.25) is 0 Å². The number of aromatic nitrogens is 2. The Morgan fingerprint density at radius 2 is 1.73 bits per heavy atom. The van der Waals surface area contributed by atoms with Crippen LogP contribution in [0.4, 0.5) is 0 Å². The van der Waals surface area contributed by atoms with Gasteiger partial charge in [0.05, 0.1) is 17.8 Å². The Kier molecular flexibility index (Phi) is 5.07. The summed E-state index contributed by atoms with van der Waals surface area (Å²) in [4.78, 5) is 7.18. The zero-order valence-electron chi connectivity index (χ0n) is 17.6. The van der Waals surface area contributed by atoms with E-state index in [2.05, 4.69) is 77.2 Å². The first kappa shape index (κ1) is 19.3. The molecule has 5 rings (SSSR count). The molecule has 3 heterocycles. The van der Waals surface area contributed by atoms with Gasteiger partial charge in [0.25, 0.3) is 0 Å². The lowest BCUT2D eigenvalue weighted by Gasteiger charge is -2.33. The largest absolute Gasteiger partial charge is 0.352 e. The Morgan fingerprint density at radius 1 is 1.00 bits per heavy atom. The van der Waals surface area contributed by atoms with Gasteiger partial charge in [0.15, 0.2) is 5.11 Å². The second-order valence-electron chi connectivity index (χ2n) is 8.47. The first-order chi connectivity index (χ1) is 14.6. The normalized spacial score (nSPS) is 21.9. The van der Waals surface area contributed by atoms with E-state index in [1.807, 2.05) is 12.3 Å². The van der Waals surface area contributed by atoms with Crippen molar-refractivity contribution >= 4 is 17.3 Å². The molecule has 30 heavy (non-hydrogen) atoms. The zero-order chi connectivity index (χ0) is 20.7. The molecule has 3 aromatic rings. The number of benzene rings is 1. The van der Waals surface area contributed by atoms with Crippen LogP contribution in [0.1, 0.15) is 60.4 Å². The molecule has 0 amide bonds. The number of nitrogens with one attached hydrogen (secondary N) is 1. The summed E-state index contributed by atoms with van der Waals surface area (Å²) in [6, 6.07) is 19.8. The number of hydrogen-bond acceptors (Lipinski definition) is 2. The highest BCUT2D eigenvalue weighted by Crippen LogP contribution is 2.44. The monoisotopic (exact) mass is 416 g/mol. The fourth-order valence-electron chi connectivity index (χ4n) is 5.34. The van der Waals surface area contributed by atoms with Gasteiger partial charge in [-0.05, 0) is 74.8 Å². The molecule has 1 aliphatic carbocycles. The number of thiocarbonyl (C=S) groups is 1. The van der Waals surface area contributed by atoms with Crippen LogP contribution in [0, 0.1) is 13.8 Å². The Labute approximate surface area is 183 Å². The van der Waals surface area contributed by atoms with E-state index in [4.69, 9.17) is 17.2 Å². The Hall–Kier alpha value is -2.66. The molecule has 1 aliphatic heterocycles. The van der Waals surface area contributed by atoms with Gasteiger partial charge in [-0.25, -0.2) is 0 Å². The summed E-state index contributed by atoms with van der Waals surface area (Å²) < 4.78 is 2.36. The van der Waals surface area contributed by atoms with Crippen molar-refractivity contribution in [3.63, 3.8) is 0 Å². The third-order valence-corrected chi connectivity index (χ3v) is 6.99. The molecule has 2 atom stereocenters.